The number of nitrogens with zero attached hydrogens (tertiary/aromatic N) is 2. The van der Waals surface area contributed by atoms with Gasteiger partial charge >= 0.3 is 281 Å². The Morgan fingerprint density at radius 3 is 1.98 bits per heavy atom. The first-order chi connectivity index (χ1) is 21.3. The van der Waals surface area contributed by atoms with Crippen molar-refractivity contribution in [2.45, 2.75) is 87.0 Å². The van der Waals surface area contributed by atoms with Gasteiger partial charge in [0.25, 0.3) is 0 Å². The number of benzene rings is 3. The number of hydrogen-bond acceptors (Lipinski definition) is 0. The molecule has 45 heavy (non-hydrogen) atoms. The van der Waals surface area contributed by atoms with Gasteiger partial charge in [0.15, 0.2) is 0 Å². The van der Waals surface area contributed by atoms with E-state index in [1.54, 1.807) is 0 Å². The van der Waals surface area contributed by atoms with Gasteiger partial charge in [-0.25, -0.2) is 0 Å². The van der Waals surface area contributed by atoms with Gasteiger partial charge in [-0.3, -0.25) is 0 Å². The van der Waals surface area contributed by atoms with Gasteiger partial charge in [0.2, 0.25) is 0 Å². The summed E-state index contributed by atoms with van der Waals surface area (Å²) in [5.41, 5.74) is 14.3. The zero-order valence-electron chi connectivity index (χ0n) is 28.4. The van der Waals surface area contributed by atoms with Gasteiger partial charge < -0.3 is 0 Å². The van der Waals surface area contributed by atoms with E-state index in [9.17, 15) is 0 Å². The molecule has 4 heteroatoms. The molecule has 0 aliphatic heterocycles. The van der Waals surface area contributed by atoms with E-state index in [4.69, 9.17) is 9.53 Å². The van der Waals surface area contributed by atoms with Crippen molar-refractivity contribution < 1.29 is 15.3 Å². The molecule has 0 radical (unpaired) electrons. The molecular weight excluding hydrogens is 662 g/mol. The molecule has 2 heterocycles. The van der Waals surface area contributed by atoms with E-state index in [2.05, 4.69) is 163 Å². The molecule has 6 rings (SSSR count). The molecule has 5 aromatic rings. The third-order valence-electron chi connectivity index (χ3n) is 9.15. The average molecular weight is 710 g/mol. The van der Waals surface area contributed by atoms with Crippen LogP contribution in [0.1, 0.15) is 105 Å². The molecule has 0 amide bonds. The quantitative estimate of drug-likeness (QED) is 0.161. The van der Waals surface area contributed by atoms with Crippen molar-refractivity contribution in [3.8, 4) is 16.9 Å². The van der Waals surface area contributed by atoms with Gasteiger partial charge in [0.05, 0.1) is 0 Å². The van der Waals surface area contributed by atoms with Crippen LogP contribution in [0.5, 0.6) is 0 Å². The Hall–Kier alpha value is -2.96. The zero-order chi connectivity index (χ0) is 32.4. The summed E-state index contributed by atoms with van der Waals surface area (Å²) in [6.07, 6.45) is 4.78. The first-order valence-electron chi connectivity index (χ1n) is 16.2. The fourth-order valence-corrected chi connectivity index (χ4v) is 12.0. The van der Waals surface area contributed by atoms with Crippen LogP contribution in [-0.4, -0.2) is 8.97 Å². The number of rotatable bonds is 5. The van der Waals surface area contributed by atoms with E-state index in [0.29, 0.717) is 11.8 Å². The molecule has 1 unspecified atom stereocenters. The zero-order valence-corrected chi connectivity index (χ0v) is 30.7. The van der Waals surface area contributed by atoms with Crippen LogP contribution in [0.3, 0.4) is 0 Å². The summed E-state index contributed by atoms with van der Waals surface area (Å²) < 4.78 is 7.59. The van der Waals surface area contributed by atoms with E-state index in [0.717, 1.165) is 0 Å². The monoisotopic (exact) mass is 708 g/mol. The van der Waals surface area contributed by atoms with Gasteiger partial charge in [-0.05, 0) is 0 Å². The summed E-state index contributed by atoms with van der Waals surface area (Å²) in [6.45, 7) is 23.0. The minimum atomic E-state index is -1.99. The summed E-state index contributed by atoms with van der Waals surface area (Å²) in [4.78, 5) is 0. The van der Waals surface area contributed by atoms with Crippen molar-refractivity contribution in [3.05, 3.63) is 126 Å². The number of hydrogen-bond donors (Lipinski definition) is 0. The topological polar surface area (TPSA) is 9.34 Å². The van der Waals surface area contributed by atoms with Gasteiger partial charge in [-0.2, -0.15) is 0 Å². The maximum atomic E-state index is 8.11. The molecule has 238 valence electrons. The van der Waals surface area contributed by atoms with Crippen LogP contribution in [0.2, 0.25) is 0 Å². The predicted octanol–water partition coefficient (Wildman–Crippen LogP) is 12.1. The van der Waals surface area contributed by atoms with Gasteiger partial charge in [-0.15, -0.1) is 0 Å². The third kappa shape index (κ3) is 5.56. The predicted molar refractivity (Wildman–Crippen MR) is 190 cm³/mol. The first-order valence-corrected chi connectivity index (χ1v) is 19.7. The molecule has 0 saturated carbocycles. The second-order valence-corrected chi connectivity index (χ2v) is 18.4. The standard InChI is InChI=1S/C28H32N2.C13H15.ClH.Pd/c1-18(2)24-11-9-12-25(19(3)4)28(24)29-16-23-10-8-13-26(30(23)17-29)27-21(6)14-20(5)15-22(27)7;1-13(2,3)12-9-8-10-6-4-5-7-11(10)12;;/h8-16,18-19H,1-7H3;4-8,12H,1-3H3;1H;/q;;;+1/p-1. The molecule has 1 atom stereocenters. The Morgan fingerprint density at radius 1 is 0.778 bits per heavy atom. The Balaban J connectivity index is 1.83. The van der Waals surface area contributed by atoms with Crippen molar-refractivity contribution in [2.75, 3.05) is 0 Å². The van der Waals surface area contributed by atoms with Crippen molar-refractivity contribution in [3.63, 3.8) is 0 Å². The number of para-hydroxylation sites is 1. The fraction of sp³-hybridized carbons (Fsp3) is 0.341. The van der Waals surface area contributed by atoms with Gasteiger partial charge in [0, 0.05) is 0 Å². The molecule has 3 aromatic carbocycles. The Morgan fingerprint density at radius 2 is 1.38 bits per heavy atom. The molecule has 0 saturated heterocycles. The van der Waals surface area contributed by atoms with Crippen LogP contribution in [-0.2, 0) is 15.3 Å². The van der Waals surface area contributed by atoms with E-state index in [-0.39, 0.29) is 11.3 Å². The number of aryl methyl sites for hydroxylation is 3. The molecule has 0 bridgehead atoms. The number of fused-ring (bicyclic) bond motifs is 2. The maximum absolute atomic E-state index is 8.11. The SMILES string of the molecule is Cc1cc(C)c(-c2cccc3cn(-c4c(C(C)C)cccc4C(C)C)[c](=[Pd]([Cl])[C]4=Cc5ccccc5C4C(C)(C)C)n23)c(C)c1. The van der Waals surface area contributed by atoms with Gasteiger partial charge in [0.1, 0.15) is 0 Å². The van der Waals surface area contributed by atoms with Crippen LogP contribution < -0.4 is 0 Å². The molecule has 1 aliphatic carbocycles. The second kappa shape index (κ2) is 12.0. The van der Waals surface area contributed by atoms with Crippen molar-refractivity contribution in [1.29, 1.82) is 0 Å². The first kappa shape index (κ1) is 32.0. The molecule has 0 N–H and O–H groups in total. The third-order valence-corrected chi connectivity index (χ3v) is 13.4. The van der Waals surface area contributed by atoms with E-state index in [1.807, 2.05) is 0 Å². The summed E-state index contributed by atoms with van der Waals surface area (Å²) in [5, 5.41) is 0. The Kier molecular flexibility index (Phi) is 8.54. The van der Waals surface area contributed by atoms with Crippen LogP contribution >= 0.6 is 9.53 Å². The minimum absolute atomic E-state index is 0.0246. The normalized spacial score (nSPS) is 16.5. The Labute approximate surface area is 279 Å². The summed E-state index contributed by atoms with van der Waals surface area (Å²) in [7, 11) is 8.11. The van der Waals surface area contributed by atoms with E-state index >= 15 is 0 Å². The molecule has 1 aliphatic rings. The van der Waals surface area contributed by atoms with E-state index < -0.39 is 15.3 Å². The molecule has 0 fully saturated rings. The number of halogens is 1. The molecule has 2 nitrogen and oxygen atoms in total. The summed E-state index contributed by atoms with van der Waals surface area (Å²) >= 11 is -1.99. The van der Waals surface area contributed by atoms with Gasteiger partial charge in [-0.1, -0.05) is 0 Å². The molecular formula is C41H47ClN2Pd. The van der Waals surface area contributed by atoms with Crippen molar-refractivity contribution in [2.24, 2.45) is 5.41 Å². The number of aromatic nitrogens is 2. The Bertz CT molecular complexity index is 2000. The second-order valence-electron chi connectivity index (χ2n) is 14.4. The van der Waals surface area contributed by atoms with E-state index in [1.165, 1.54) is 69.3 Å². The summed E-state index contributed by atoms with van der Waals surface area (Å²) in [5.74, 6) is 0.993. The number of allylic oxidation sites excluding steroid dienone is 1. The van der Waals surface area contributed by atoms with Crippen LogP contribution in [0.15, 0.2) is 83.0 Å². The molecule has 0 spiro atoms. The van der Waals surface area contributed by atoms with Crippen LogP contribution in [0, 0.1) is 30.1 Å². The fourth-order valence-electron chi connectivity index (χ4n) is 7.28. The molecule has 2 aromatic heterocycles. The summed E-state index contributed by atoms with van der Waals surface area (Å²) in [6, 6.07) is 27.1. The van der Waals surface area contributed by atoms with Crippen molar-refractivity contribution in [1.82, 2.24) is 8.97 Å². The average Bonchev–Trinajstić information content (AvgIpc) is 3.55. The number of imidazole rings is 1. The van der Waals surface area contributed by atoms with Crippen LogP contribution in [0.4, 0.5) is 0 Å². The van der Waals surface area contributed by atoms with Crippen LogP contribution in [0.25, 0.3) is 28.5 Å². The number of pyridine rings is 1. The van der Waals surface area contributed by atoms with Crippen molar-refractivity contribution >= 4 is 21.1 Å².